The Morgan fingerprint density at radius 3 is 2.75 bits per heavy atom. The van der Waals surface area contributed by atoms with Gasteiger partial charge in [-0.05, 0) is 12.1 Å². The molecule has 0 radical (unpaired) electrons. The molecule has 0 amide bonds. The van der Waals surface area contributed by atoms with Crippen molar-refractivity contribution in [3.63, 3.8) is 0 Å². The number of halogens is 1. The maximum absolute atomic E-state index is 5.89. The largest absolute Gasteiger partial charge is 0.342 e. The van der Waals surface area contributed by atoms with Gasteiger partial charge in [-0.1, -0.05) is 28.9 Å². The fourth-order valence-corrected chi connectivity index (χ4v) is 1.15. The van der Waals surface area contributed by atoms with Gasteiger partial charge in [0.1, 0.15) is 0 Å². The molecule has 0 atom stereocenters. The fraction of sp³-hybridized carbons (Fsp3) is 0. The summed E-state index contributed by atoms with van der Waals surface area (Å²) < 4.78 is 4.60. The van der Waals surface area contributed by atoms with Gasteiger partial charge in [-0.3, -0.25) is 0 Å². The van der Waals surface area contributed by atoms with E-state index in [9.17, 15) is 0 Å². The van der Waals surface area contributed by atoms with Crippen molar-refractivity contribution in [2.75, 3.05) is 0 Å². The molecular formula is C8H5ClN2O. The summed E-state index contributed by atoms with van der Waals surface area (Å²) in [4.78, 5) is 3.89. The summed E-state index contributed by atoms with van der Waals surface area (Å²) in [5.41, 5.74) is 0.785. The molecule has 0 bridgehead atoms. The smallest absolute Gasteiger partial charge is 0.214 e. The summed E-state index contributed by atoms with van der Waals surface area (Å²) in [7, 11) is 0. The summed E-state index contributed by atoms with van der Waals surface area (Å²) in [6.07, 6.45) is 1.28. The van der Waals surface area contributed by atoms with E-state index in [1.165, 1.54) is 6.39 Å². The SMILES string of the molecule is Clc1ccccc1-c1ncon1. The number of hydrogen-bond donors (Lipinski definition) is 0. The van der Waals surface area contributed by atoms with E-state index >= 15 is 0 Å². The summed E-state index contributed by atoms with van der Waals surface area (Å²) in [6.45, 7) is 0. The fourth-order valence-electron chi connectivity index (χ4n) is 0.932. The zero-order chi connectivity index (χ0) is 8.39. The summed E-state index contributed by atoms with van der Waals surface area (Å²) in [5.74, 6) is 0.514. The minimum atomic E-state index is 0.514. The van der Waals surface area contributed by atoms with Crippen LogP contribution in [0.1, 0.15) is 0 Å². The molecule has 4 heteroatoms. The van der Waals surface area contributed by atoms with E-state index in [-0.39, 0.29) is 0 Å². The first kappa shape index (κ1) is 7.31. The van der Waals surface area contributed by atoms with Crippen LogP contribution in [0.25, 0.3) is 11.4 Å². The van der Waals surface area contributed by atoms with Crippen LogP contribution in [-0.2, 0) is 0 Å². The Morgan fingerprint density at radius 1 is 1.25 bits per heavy atom. The van der Waals surface area contributed by atoms with Crippen molar-refractivity contribution < 1.29 is 4.52 Å². The first-order valence-corrected chi connectivity index (χ1v) is 3.77. The molecule has 0 spiro atoms. The number of benzene rings is 1. The number of rotatable bonds is 1. The first-order chi connectivity index (χ1) is 5.88. The molecule has 1 aromatic carbocycles. The van der Waals surface area contributed by atoms with Crippen molar-refractivity contribution in [2.24, 2.45) is 0 Å². The van der Waals surface area contributed by atoms with Crippen LogP contribution in [0.15, 0.2) is 35.2 Å². The minimum Gasteiger partial charge on any atom is -0.342 e. The summed E-state index contributed by atoms with van der Waals surface area (Å²) in [6, 6.07) is 7.35. The van der Waals surface area contributed by atoms with Crippen LogP contribution < -0.4 is 0 Å². The highest BCUT2D eigenvalue weighted by Gasteiger charge is 2.05. The molecule has 0 aliphatic carbocycles. The lowest BCUT2D eigenvalue weighted by atomic mass is 10.2. The lowest BCUT2D eigenvalue weighted by Crippen LogP contribution is -1.80. The van der Waals surface area contributed by atoms with Gasteiger partial charge >= 0.3 is 0 Å². The third-order valence-corrected chi connectivity index (χ3v) is 1.81. The Hall–Kier alpha value is -1.35. The molecule has 12 heavy (non-hydrogen) atoms. The maximum Gasteiger partial charge on any atom is 0.214 e. The van der Waals surface area contributed by atoms with E-state index in [1.54, 1.807) is 6.07 Å². The molecule has 0 aliphatic heterocycles. The van der Waals surface area contributed by atoms with Gasteiger partial charge in [0.05, 0.1) is 5.02 Å². The predicted molar refractivity (Wildman–Crippen MR) is 44.7 cm³/mol. The van der Waals surface area contributed by atoms with Gasteiger partial charge in [0.25, 0.3) is 0 Å². The van der Waals surface area contributed by atoms with E-state index in [0.717, 1.165) is 5.56 Å². The Morgan fingerprint density at radius 2 is 2.08 bits per heavy atom. The van der Waals surface area contributed by atoms with Crippen LogP contribution in [0, 0.1) is 0 Å². The van der Waals surface area contributed by atoms with Crippen LogP contribution in [0.4, 0.5) is 0 Å². The molecule has 1 heterocycles. The average Bonchev–Trinajstić information content (AvgIpc) is 2.57. The minimum absolute atomic E-state index is 0.514. The first-order valence-electron chi connectivity index (χ1n) is 3.39. The van der Waals surface area contributed by atoms with Crippen molar-refractivity contribution >= 4 is 11.6 Å². The maximum atomic E-state index is 5.89. The number of hydrogen-bond acceptors (Lipinski definition) is 3. The lowest BCUT2D eigenvalue weighted by molar-refractivity contribution is 0.419. The van der Waals surface area contributed by atoms with Crippen LogP contribution >= 0.6 is 11.6 Å². The Labute approximate surface area is 74.0 Å². The Balaban J connectivity index is 2.55. The average molecular weight is 181 g/mol. The van der Waals surface area contributed by atoms with Gasteiger partial charge in [-0.2, -0.15) is 4.98 Å². The predicted octanol–water partition coefficient (Wildman–Crippen LogP) is 2.39. The van der Waals surface area contributed by atoms with Crippen LogP contribution in [0.2, 0.25) is 5.02 Å². The summed E-state index contributed by atoms with van der Waals surface area (Å²) in [5, 5.41) is 4.30. The van der Waals surface area contributed by atoms with Crippen molar-refractivity contribution in [3.8, 4) is 11.4 Å². The molecule has 0 fully saturated rings. The molecular weight excluding hydrogens is 176 g/mol. The number of nitrogens with zero attached hydrogens (tertiary/aromatic N) is 2. The lowest BCUT2D eigenvalue weighted by Gasteiger charge is -1.95. The Bertz CT molecular complexity index is 372. The molecule has 2 rings (SSSR count). The molecule has 1 aromatic heterocycles. The van der Waals surface area contributed by atoms with Crippen molar-refractivity contribution in [1.82, 2.24) is 10.1 Å². The molecule has 0 aliphatic rings. The molecule has 0 unspecified atom stereocenters. The molecule has 2 aromatic rings. The number of aromatic nitrogens is 2. The highest BCUT2D eigenvalue weighted by molar-refractivity contribution is 6.33. The molecule has 60 valence electrons. The van der Waals surface area contributed by atoms with Crippen LogP contribution in [0.3, 0.4) is 0 Å². The van der Waals surface area contributed by atoms with Crippen LogP contribution in [0.5, 0.6) is 0 Å². The van der Waals surface area contributed by atoms with Gasteiger partial charge in [0.2, 0.25) is 12.2 Å². The van der Waals surface area contributed by atoms with Gasteiger partial charge in [-0.15, -0.1) is 0 Å². The standard InChI is InChI=1S/C8H5ClN2O/c9-7-4-2-1-3-6(7)8-10-5-12-11-8/h1-5H. The monoisotopic (exact) mass is 180 g/mol. The molecule has 0 N–H and O–H groups in total. The third-order valence-electron chi connectivity index (χ3n) is 1.48. The molecule has 0 saturated heterocycles. The normalized spacial score (nSPS) is 10.1. The highest BCUT2D eigenvalue weighted by Crippen LogP contribution is 2.23. The summed E-state index contributed by atoms with van der Waals surface area (Å²) >= 11 is 5.89. The van der Waals surface area contributed by atoms with Gasteiger partial charge < -0.3 is 4.52 Å². The topological polar surface area (TPSA) is 38.9 Å². The van der Waals surface area contributed by atoms with Gasteiger partial charge in [0, 0.05) is 5.56 Å². The van der Waals surface area contributed by atoms with E-state index in [2.05, 4.69) is 14.7 Å². The van der Waals surface area contributed by atoms with Crippen molar-refractivity contribution in [3.05, 3.63) is 35.7 Å². The second-order valence-electron chi connectivity index (χ2n) is 2.23. The van der Waals surface area contributed by atoms with Crippen LogP contribution in [-0.4, -0.2) is 10.1 Å². The van der Waals surface area contributed by atoms with Gasteiger partial charge in [0.15, 0.2) is 0 Å². The molecule has 0 saturated carbocycles. The Kier molecular flexibility index (Phi) is 1.80. The highest BCUT2D eigenvalue weighted by atomic mass is 35.5. The quantitative estimate of drug-likeness (QED) is 0.677. The van der Waals surface area contributed by atoms with E-state index in [0.29, 0.717) is 10.8 Å². The zero-order valence-electron chi connectivity index (χ0n) is 6.07. The second-order valence-corrected chi connectivity index (χ2v) is 2.64. The molecule has 3 nitrogen and oxygen atoms in total. The van der Waals surface area contributed by atoms with E-state index < -0.39 is 0 Å². The van der Waals surface area contributed by atoms with Crippen molar-refractivity contribution in [1.29, 1.82) is 0 Å². The van der Waals surface area contributed by atoms with Gasteiger partial charge in [-0.25, -0.2) is 0 Å². The van der Waals surface area contributed by atoms with Crippen molar-refractivity contribution in [2.45, 2.75) is 0 Å². The van der Waals surface area contributed by atoms with E-state index in [1.807, 2.05) is 18.2 Å². The zero-order valence-corrected chi connectivity index (χ0v) is 6.82. The van der Waals surface area contributed by atoms with E-state index in [4.69, 9.17) is 11.6 Å². The third kappa shape index (κ3) is 1.19. The second kappa shape index (κ2) is 2.95.